The average molecular weight is 341 g/mol. The van der Waals surface area contributed by atoms with Gasteiger partial charge in [-0.1, -0.05) is 48.5 Å². The molecular formula is C18H19N3O4. The van der Waals surface area contributed by atoms with Crippen LogP contribution in [0, 0.1) is 0 Å². The molecule has 7 nitrogen and oxygen atoms in total. The van der Waals surface area contributed by atoms with Gasteiger partial charge < -0.3 is 21.1 Å². The fourth-order valence-corrected chi connectivity index (χ4v) is 2.15. The van der Waals surface area contributed by atoms with E-state index < -0.39 is 24.5 Å². The molecule has 0 bridgehead atoms. The van der Waals surface area contributed by atoms with Crippen molar-refractivity contribution in [2.45, 2.75) is 6.42 Å². The molecule has 2 aromatic rings. The van der Waals surface area contributed by atoms with E-state index in [4.69, 9.17) is 10.5 Å². The largest absolute Gasteiger partial charge is 0.456 e. The predicted octanol–water partition coefficient (Wildman–Crippen LogP) is 1.89. The molecular weight excluding hydrogens is 322 g/mol. The summed E-state index contributed by atoms with van der Waals surface area (Å²) < 4.78 is 4.86. The second-order valence-corrected chi connectivity index (χ2v) is 5.16. The zero-order valence-electron chi connectivity index (χ0n) is 13.5. The minimum absolute atomic E-state index is 0.0587. The summed E-state index contributed by atoms with van der Waals surface area (Å²) in [4.78, 5) is 34.0. The number of rotatable bonds is 7. The number of anilines is 1. The van der Waals surface area contributed by atoms with Crippen molar-refractivity contribution in [2.75, 3.05) is 18.5 Å². The Morgan fingerprint density at radius 1 is 0.960 bits per heavy atom. The summed E-state index contributed by atoms with van der Waals surface area (Å²) in [6.07, 6.45) is -0.0587. The Hall–Kier alpha value is -3.35. The van der Waals surface area contributed by atoms with Crippen molar-refractivity contribution in [1.82, 2.24) is 5.32 Å². The lowest BCUT2D eigenvalue weighted by atomic mass is 10.0. The van der Waals surface area contributed by atoms with Crippen molar-refractivity contribution < 1.29 is 19.1 Å². The highest BCUT2D eigenvalue weighted by Crippen LogP contribution is 2.27. The van der Waals surface area contributed by atoms with E-state index >= 15 is 0 Å². The quantitative estimate of drug-likeness (QED) is 0.668. The van der Waals surface area contributed by atoms with Gasteiger partial charge >= 0.3 is 12.0 Å². The number of hydrogen-bond donors (Lipinski definition) is 3. The minimum Gasteiger partial charge on any atom is -0.456 e. The highest BCUT2D eigenvalue weighted by atomic mass is 16.5. The lowest BCUT2D eigenvalue weighted by molar-refractivity contribution is -0.147. The Balaban J connectivity index is 1.89. The Morgan fingerprint density at radius 2 is 1.64 bits per heavy atom. The van der Waals surface area contributed by atoms with Gasteiger partial charge in [-0.25, -0.2) is 4.79 Å². The molecule has 0 saturated heterocycles. The fourth-order valence-electron chi connectivity index (χ4n) is 2.15. The smallest absolute Gasteiger partial charge is 0.312 e. The highest BCUT2D eigenvalue weighted by molar-refractivity contribution is 5.96. The van der Waals surface area contributed by atoms with Crippen LogP contribution < -0.4 is 16.4 Å². The van der Waals surface area contributed by atoms with E-state index in [1.807, 2.05) is 48.5 Å². The molecule has 0 radical (unpaired) electrons. The molecule has 2 rings (SSSR count). The lowest BCUT2D eigenvalue weighted by Crippen LogP contribution is -2.31. The number of nitrogens with one attached hydrogen (secondary N) is 2. The molecule has 0 aliphatic carbocycles. The molecule has 130 valence electrons. The van der Waals surface area contributed by atoms with E-state index in [0.717, 1.165) is 11.1 Å². The van der Waals surface area contributed by atoms with E-state index in [0.29, 0.717) is 5.69 Å². The first-order chi connectivity index (χ1) is 12.1. The Morgan fingerprint density at radius 3 is 2.36 bits per heavy atom. The third-order valence-electron chi connectivity index (χ3n) is 3.28. The number of urea groups is 1. The van der Waals surface area contributed by atoms with Crippen LogP contribution >= 0.6 is 0 Å². The molecule has 3 amide bonds. The summed E-state index contributed by atoms with van der Waals surface area (Å²) in [6.45, 7) is -0.342. The summed E-state index contributed by atoms with van der Waals surface area (Å²) >= 11 is 0. The fraction of sp³-hybridized carbons (Fsp3) is 0.167. The molecule has 4 N–H and O–H groups in total. The number of primary amides is 1. The van der Waals surface area contributed by atoms with Crippen LogP contribution in [0.1, 0.15) is 6.42 Å². The number of carbonyl (C=O) groups excluding carboxylic acids is 3. The van der Waals surface area contributed by atoms with Crippen molar-refractivity contribution in [3.63, 3.8) is 0 Å². The summed E-state index contributed by atoms with van der Waals surface area (Å²) in [7, 11) is 0. The van der Waals surface area contributed by atoms with Gasteiger partial charge in [0.25, 0.3) is 5.91 Å². The molecule has 7 heteroatoms. The number of benzene rings is 2. The maximum atomic E-state index is 12.0. The molecule has 0 spiro atoms. The van der Waals surface area contributed by atoms with Crippen molar-refractivity contribution in [3.05, 3.63) is 54.6 Å². The molecule has 0 aliphatic heterocycles. The van der Waals surface area contributed by atoms with Crippen molar-refractivity contribution >= 4 is 23.6 Å². The number of nitrogens with two attached hydrogens (primary N) is 1. The normalized spacial score (nSPS) is 9.92. The van der Waals surface area contributed by atoms with Crippen LogP contribution in [0.4, 0.5) is 10.5 Å². The van der Waals surface area contributed by atoms with Gasteiger partial charge in [-0.05, 0) is 11.6 Å². The molecule has 0 aromatic heterocycles. The maximum absolute atomic E-state index is 12.0. The number of para-hydroxylation sites is 1. The van der Waals surface area contributed by atoms with Crippen LogP contribution in [0.5, 0.6) is 0 Å². The molecule has 0 unspecified atom stereocenters. The number of esters is 1. The van der Waals surface area contributed by atoms with Crippen molar-refractivity contribution in [1.29, 1.82) is 0 Å². The zero-order chi connectivity index (χ0) is 18.1. The van der Waals surface area contributed by atoms with Gasteiger partial charge in [0.2, 0.25) is 0 Å². The molecule has 0 saturated carbocycles. The molecule has 2 aromatic carbocycles. The summed E-state index contributed by atoms with van der Waals surface area (Å²) in [5.41, 5.74) is 7.35. The Bertz CT molecular complexity index is 747. The van der Waals surface area contributed by atoms with Crippen LogP contribution in [-0.4, -0.2) is 31.1 Å². The zero-order valence-corrected chi connectivity index (χ0v) is 13.5. The van der Waals surface area contributed by atoms with Gasteiger partial charge in [0.1, 0.15) is 0 Å². The van der Waals surface area contributed by atoms with Gasteiger partial charge in [-0.3, -0.25) is 9.59 Å². The standard InChI is InChI=1S/C18H19N3O4/c19-18(24)20-11-10-17(23)25-12-16(22)21-15-9-5-4-8-14(15)13-6-2-1-3-7-13/h1-9H,10-12H2,(H,21,22)(H3,19,20,24). The maximum Gasteiger partial charge on any atom is 0.312 e. The summed E-state index contributed by atoms with van der Waals surface area (Å²) in [5.74, 6) is -1.04. The topological polar surface area (TPSA) is 111 Å². The molecule has 0 aliphatic rings. The third-order valence-corrected chi connectivity index (χ3v) is 3.28. The van der Waals surface area contributed by atoms with E-state index in [1.165, 1.54) is 0 Å². The summed E-state index contributed by atoms with van der Waals surface area (Å²) in [5, 5.41) is 5.00. The van der Waals surface area contributed by atoms with Gasteiger partial charge in [0.15, 0.2) is 6.61 Å². The van der Waals surface area contributed by atoms with Crippen LogP contribution in [0.25, 0.3) is 11.1 Å². The summed E-state index contributed by atoms with van der Waals surface area (Å²) in [6, 6.07) is 16.3. The number of amides is 3. The first kappa shape index (κ1) is 18.0. The molecule has 0 heterocycles. The number of hydrogen-bond acceptors (Lipinski definition) is 4. The second-order valence-electron chi connectivity index (χ2n) is 5.16. The van der Waals surface area contributed by atoms with E-state index in [1.54, 1.807) is 6.07 Å². The van der Waals surface area contributed by atoms with Crippen LogP contribution in [0.2, 0.25) is 0 Å². The SMILES string of the molecule is NC(=O)NCCC(=O)OCC(=O)Nc1ccccc1-c1ccccc1. The number of ether oxygens (including phenoxy) is 1. The van der Waals surface area contributed by atoms with Crippen LogP contribution in [-0.2, 0) is 14.3 Å². The van der Waals surface area contributed by atoms with E-state index in [-0.39, 0.29) is 13.0 Å². The van der Waals surface area contributed by atoms with Crippen molar-refractivity contribution in [2.24, 2.45) is 5.73 Å². The number of carbonyl (C=O) groups is 3. The second kappa shape index (κ2) is 9.07. The first-order valence-electron chi connectivity index (χ1n) is 7.69. The van der Waals surface area contributed by atoms with Crippen LogP contribution in [0.3, 0.4) is 0 Å². The molecule has 0 atom stereocenters. The van der Waals surface area contributed by atoms with E-state index in [2.05, 4.69) is 10.6 Å². The van der Waals surface area contributed by atoms with Gasteiger partial charge in [-0.2, -0.15) is 0 Å². The predicted molar refractivity (Wildman–Crippen MR) is 93.7 cm³/mol. The average Bonchev–Trinajstić information content (AvgIpc) is 2.61. The third kappa shape index (κ3) is 5.98. The first-order valence-corrected chi connectivity index (χ1v) is 7.69. The highest BCUT2D eigenvalue weighted by Gasteiger charge is 2.11. The Kier molecular flexibility index (Phi) is 6.53. The van der Waals surface area contributed by atoms with Gasteiger partial charge in [0, 0.05) is 17.8 Å². The Labute approximate surface area is 145 Å². The van der Waals surface area contributed by atoms with Gasteiger partial charge in [0.05, 0.1) is 6.42 Å². The van der Waals surface area contributed by atoms with Crippen molar-refractivity contribution in [3.8, 4) is 11.1 Å². The van der Waals surface area contributed by atoms with E-state index in [9.17, 15) is 14.4 Å². The monoisotopic (exact) mass is 341 g/mol. The van der Waals surface area contributed by atoms with Gasteiger partial charge in [-0.15, -0.1) is 0 Å². The minimum atomic E-state index is -0.719. The molecule has 0 fully saturated rings. The lowest BCUT2D eigenvalue weighted by Gasteiger charge is -2.11. The molecule has 25 heavy (non-hydrogen) atoms. The van der Waals surface area contributed by atoms with Crippen LogP contribution in [0.15, 0.2) is 54.6 Å².